The van der Waals surface area contributed by atoms with Crippen LogP contribution in [-0.2, 0) is 5.41 Å². The molecule has 3 nitrogen and oxygen atoms in total. The van der Waals surface area contributed by atoms with Gasteiger partial charge in [-0.2, -0.15) is 0 Å². The smallest absolute Gasteiger partial charge is 0.0972 e. The van der Waals surface area contributed by atoms with E-state index in [1.54, 1.807) is 0 Å². The van der Waals surface area contributed by atoms with Crippen molar-refractivity contribution in [3.63, 3.8) is 0 Å². The van der Waals surface area contributed by atoms with E-state index in [1.165, 1.54) is 44.1 Å². The molecule has 0 aliphatic heterocycles. The zero-order valence-electron chi connectivity index (χ0n) is 23.5. The number of rotatable bonds is 2. The van der Waals surface area contributed by atoms with E-state index in [1.807, 2.05) is 12.3 Å². The molecule has 0 N–H and O–H groups in total. The van der Waals surface area contributed by atoms with Gasteiger partial charge in [0.1, 0.15) is 0 Å². The van der Waals surface area contributed by atoms with Crippen LogP contribution in [0.3, 0.4) is 0 Å². The highest BCUT2D eigenvalue weighted by molar-refractivity contribution is 6.13. The first-order valence-corrected chi connectivity index (χ1v) is 14.5. The molecule has 3 aromatic heterocycles. The van der Waals surface area contributed by atoms with E-state index < -0.39 is 0 Å². The Balaban J connectivity index is 1.32. The van der Waals surface area contributed by atoms with Gasteiger partial charge in [0.15, 0.2) is 0 Å². The highest BCUT2D eigenvalue weighted by Crippen LogP contribution is 2.52. The van der Waals surface area contributed by atoms with E-state index in [4.69, 9.17) is 4.98 Å². The maximum Gasteiger partial charge on any atom is 0.0972 e. The molecule has 0 radical (unpaired) electrons. The number of hydrogen-bond donors (Lipinski definition) is 0. The third-order valence-corrected chi connectivity index (χ3v) is 9.18. The Bertz CT molecular complexity index is 2390. The van der Waals surface area contributed by atoms with Crippen LogP contribution in [0.25, 0.3) is 71.7 Å². The maximum absolute atomic E-state index is 5.16. The quantitative estimate of drug-likeness (QED) is 0.205. The molecule has 5 aromatic carbocycles. The zero-order chi connectivity index (χ0) is 28.0. The molecule has 3 heteroatoms. The summed E-state index contributed by atoms with van der Waals surface area (Å²) >= 11 is 0. The number of pyridine rings is 2. The fourth-order valence-corrected chi connectivity index (χ4v) is 7.27. The van der Waals surface area contributed by atoms with Gasteiger partial charge >= 0.3 is 0 Å². The number of hydrogen-bond acceptors (Lipinski definition) is 2. The second kappa shape index (κ2) is 8.37. The summed E-state index contributed by atoms with van der Waals surface area (Å²) in [5, 5.41) is 4.76. The molecular formula is C39H27N3. The Morgan fingerprint density at radius 3 is 2.36 bits per heavy atom. The van der Waals surface area contributed by atoms with Gasteiger partial charge in [-0.25, -0.2) is 4.98 Å². The van der Waals surface area contributed by atoms with Crippen molar-refractivity contribution < 1.29 is 0 Å². The normalized spacial score (nSPS) is 13.7. The van der Waals surface area contributed by atoms with E-state index in [-0.39, 0.29) is 5.41 Å². The second-order valence-electron chi connectivity index (χ2n) is 11.9. The molecule has 0 unspecified atom stereocenters. The van der Waals surface area contributed by atoms with Crippen LogP contribution < -0.4 is 0 Å². The van der Waals surface area contributed by atoms with Crippen molar-refractivity contribution in [2.75, 3.05) is 0 Å². The molecule has 8 aromatic rings. The highest BCUT2D eigenvalue weighted by Gasteiger charge is 2.38. The molecule has 0 fully saturated rings. The van der Waals surface area contributed by atoms with Gasteiger partial charge in [-0.05, 0) is 52.6 Å². The van der Waals surface area contributed by atoms with E-state index in [2.05, 4.69) is 139 Å². The van der Waals surface area contributed by atoms with Crippen LogP contribution in [0, 0.1) is 0 Å². The summed E-state index contributed by atoms with van der Waals surface area (Å²) in [4.78, 5) is 9.82. The molecule has 0 saturated carbocycles. The highest BCUT2D eigenvalue weighted by atomic mass is 15.0. The van der Waals surface area contributed by atoms with Crippen LogP contribution in [0.2, 0.25) is 0 Å². The predicted octanol–water partition coefficient (Wildman–Crippen LogP) is 9.85. The van der Waals surface area contributed by atoms with Crippen molar-refractivity contribution >= 4 is 43.6 Å². The van der Waals surface area contributed by atoms with Crippen LogP contribution in [-0.4, -0.2) is 14.5 Å². The second-order valence-corrected chi connectivity index (χ2v) is 11.9. The minimum atomic E-state index is -0.122. The maximum atomic E-state index is 5.16. The van der Waals surface area contributed by atoms with Gasteiger partial charge in [-0.1, -0.05) is 105 Å². The number of fused-ring (bicyclic) bond motifs is 10. The van der Waals surface area contributed by atoms with Crippen molar-refractivity contribution in [2.24, 2.45) is 0 Å². The van der Waals surface area contributed by atoms with Crippen molar-refractivity contribution in [2.45, 2.75) is 19.3 Å². The Labute approximate surface area is 243 Å². The average Bonchev–Trinajstić information content (AvgIpc) is 3.50. The Hall–Kier alpha value is -5.28. The standard InChI is InChI=1S/C39H27N3/c1-39(2)32-14-5-3-12-28(32)30-19-20-31-29-13-4-6-15-34(29)42(38(31)35(30)39)27-11-7-9-26(23-27)33-21-18-25-17-16-24-10-8-22-40-36(24)37(25)41-33/h3-23H,1-2H3. The molecule has 198 valence electrons. The first-order valence-electron chi connectivity index (χ1n) is 14.5. The fraction of sp³-hybridized carbons (Fsp3) is 0.0769. The number of para-hydroxylation sites is 1. The van der Waals surface area contributed by atoms with E-state index >= 15 is 0 Å². The molecule has 1 aliphatic rings. The van der Waals surface area contributed by atoms with Gasteiger partial charge in [-0.15, -0.1) is 0 Å². The summed E-state index contributed by atoms with van der Waals surface area (Å²) in [6, 6.07) is 43.7. The van der Waals surface area contributed by atoms with E-state index in [0.717, 1.165) is 38.8 Å². The summed E-state index contributed by atoms with van der Waals surface area (Å²) in [5.41, 5.74) is 12.9. The van der Waals surface area contributed by atoms with Crippen LogP contribution >= 0.6 is 0 Å². The lowest BCUT2D eigenvalue weighted by molar-refractivity contribution is 0.664. The lowest BCUT2D eigenvalue weighted by atomic mass is 9.81. The summed E-state index contributed by atoms with van der Waals surface area (Å²) < 4.78 is 2.47. The molecule has 42 heavy (non-hydrogen) atoms. The molecule has 0 amide bonds. The lowest BCUT2D eigenvalue weighted by Gasteiger charge is -2.23. The average molecular weight is 538 g/mol. The molecule has 9 rings (SSSR count). The van der Waals surface area contributed by atoms with E-state index in [9.17, 15) is 0 Å². The summed E-state index contributed by atoms with van der Waals surface area (Å²) in [6.07, 6.45) is 1.84. The Morgan fingerprint density at radius 1 is 0.619 bits per heavy atom. The van der Waals surface area contributed by atoms with Gasteiger partial charge in [0, 0.05) is 44.4 Å². The van der Waals surface area contributed by atoms with Gasteiger partial charge in [-0.3, -0.25) is 4.98 Å². The van der Waals surface area contributed by atoms with Gasteiger partial charge in [0.05, 0.1) is 27.8 Å². The summed E-state index contributed by atoms with van der Waals surface area (Å²) in [6.45, 7) is 4.74. The van der Waals surface area contributed by atoms with Crippen LogP contribution in [0.5, 0.6) is 0 Å². The third kappa shape index (κ3) is 3.11. The molecule has 0 bridgehead atoms. The van der Waals surface area contributed by atoms with Crippen molar-refractivity contribution in [1.29, 1.82) is 0 Å². The SMILES string of the molecule is CC1(C)c2ccccc2-c2ccc3c4ccccc4n(-c4cccc(-c5ccc6ccc7cccnc7c6n5)c4)c3c21. The van der Waals surface area contributed by atoms with E-state index in [0.29, 0.717) is 0 Å². The third-order valence-electron chi connectivity index (χ3n) is 9.18. The molecule has 0 atom stereocenters. The van der Waals surface area contributed by atoms with Gasteiger partial charge < -0.3 is 4.57 Å². The first-order chi connectivity index (χ1) is 20.6. The van der Waals surface area contributed by atoms with Gasteiger partial charge in [0.25, 0.3) is 0 Å². The zero-order valence-corrected chi connectivity index (χ0v) is 23.5. The largest absolute Gasteiger partial charge is 0.309 e. The molecule has 1 aliphatic carbocycles. The summed E-state index contributed by atoms with van der Waals surface area (Å²) in [7, 11) is 0. The molecule has 3 heterocycles. The van der Waals surface area contributed by atoms with Crippen molar-refractivity contribution in [1.82, 2.24) is 14.5 Å². The van der Waals surface area contributed by atoms with Gasteiger partial charge in [0.2, 0.25) is 0 Å². The topological polar surface area (TPSA) is 30.7 Å². The minimum Gasteiger partial charge on any atom is -0.309 e. The monoisotopic (exact) mass is 537 g/mol. The van der Waals surface area contributed by atoms with Crippen LogP contribution in [0.15, 0.2) is 128 Å². The fourth-order valence-electron chi connectivity index (χ4n) is 7.27. The van der Waals surface area contributed by atoms with Crippen LogP contribution in [0.1, 0.15) is 25.0 Å². The minimum absolute atomic E-state index is 0.122. The van der Waals surface area contributed by atoms with Crippen molar-refractivity contribution in [3.8, 4) is 28.1 Å². The Kier molecular flexibility index (Phi) is 4.67. The molecular weight excluding hydrogens is 510 g/mol. The molecule has 0 saturated heterocycles. The first kappa shape index (κ1) is 23.4. The molecule has 0 spiro atoms. The number of aromatic nitrogens is 3. The predicted molar refractivity (Wildman–Crippen MR) is 174 cm³/mol. The van der Waals surface area contributed by atoms with Crippen molar-refractivity contribution in [3.05, 3.63) is 139 Å². The number of nitrogens with zero attached hydrogens (tertiary/aromatic N) is 3. The Morgan fingerprint density at radius 2 is 1.43 bits per heavy atom. The lowest BCUT2D eigenvalue weighted by Crippen LogP contribution is -2.16. The summed E-state index contributed by atoms with van der Waals surface area (Å²) in [5.74, 6) is 0. The van der Waals surface area contributed by atoms with Crippen LogP contribution in [0.4, 0.5) is 0 Å². The number of benzene rings is 5.